The number of rotatable bonds is 3. The fraction of sp³-hybridized carbons (Fsp3) is 0.0714. The molecule has 2 aromatic rings. The van der Waals surface area contributed by atoms with Crippen molar-refractivity contribution in [3.63, 3.8) is 0 Å². The first kappa shape index (κ1) is 13.9. The molecule has 0 aromatic heterocycles. The van der Waals surface area contributed by atoms with Crippen LogP contribution in [-0.4, -0.2) is 12.9 Å². The maximum absolute atomic E-state index is 12.4. The van der Waals surface area contributed by atoms with Crippen molar-refractivity contribution in [1.29, 1.82) is 0 Å². The highest BCUT2D eigenvalue weighted by atomic mass is 79.9. The Hall–Kier alpha value is -1.52. The van der Waals surface area contributed by atoms with Crippen LogP contribution < -0.4 is 10.5 Å². The van der Waals surface area contributed by atoms with Gasteiger partial charge in [0.25, 0.3) is 0 Å². The zero-order valence-electron chi connectivity index (χ0n) is 10.1. The molecule has 0 spiro atoms. The molecule has 0 heterocycles. The number of anilines is 1. The first-order valence-electron chi connectivity index (χ1n) is 5.46. The average Bonchev–Trinajstić information content (AvgIpc) is 2.41. The molecule has 0 aliphatic carbocycles. The largest absolute Gasteiger partial charge is 0.497 e. The Morgan fingerprint density at radius 3 is 2.58 bits per heavy atom. The average molecular weight is 341 g/mol. The molecule has 0 atom stereocenters. The standard InChI is InChI=1S/C14H11BrClNO2/c1-19-9-3-4-10(11(15)7-9)14(18)8-2-5-12(16)13(17)6-8/h2-7H,17H2,1H3. The molecule has 2 N–H and O–H groups in total. The van der Waals surface area contributed by atoms with E-state index >= 15 is 0 Å². The summed E-state index contributed by atoms with van der Waals surface area (Å²) in [5.41, 5.74) is 7.13. The van der Waals surface area contributed by atoms with Crippen molar-refractivity contribution in [2.75, 3.05) is 12.8 Å². The molecule has 2 aromatic carbocycles. The Bertz CT molecular complexity index is 643. The lowest BCUT2D eigenvalue weighted by Crippen LogP contribution is -2.03. The predicted octanol–water partition coefficient (Wildman–Crippen LogP) is 3.92. The van der Waals surface area contributed by atoms with Crippen molar-refractivity contribution in [3.8, 4) is 5.75 Å². The minimum atomic E-state index is -0.127. The van der Waals surface area contributed by atoms with Crippen LogP contribution in [-0.2, 0) is 0 Å². The molecule has 2 rings (SSSR count). The maximum Gasteiger partial charge on any atom is 0.194 e. The highest BCUT2D eigenvalue weighted by molar-refractivity contribution is 9.10. The predicted molar refractivity (Wildman–Crippen MR) is 80.0 cm³/mol. The molecule has 0 aliphatic rings. The van der Waals surface area contributed by atoms with Gasteiger partial charge in [0, 0.05) is 15.6 Å². The van der Waals surface area contributed by atoms with Gasteiger partial charge in [-0.05, 0) is 52.3 Å². The van der Waals surface area contributed by atoms with Crippen molar-refractivity contribution >= 4 is 39.0 Å². The smallest absolute Gasteiger partial charge is 0.194 e. The molecule has 0 amide bonds. The second kappa shape index (κ2) is 5.63. The third-order valence-corrected chi connectivity index (χ3v) is 3.68. The molecule has 0 saturated carbocycles. The van der Waals surface area contributed by atoms with E-state index in [0.717, 1.165) is 0 Å². The van der Waals surface area contributed by atoms with E-state index in [0.29, 0.717) is 32.1 Å². The number of nitrogen functional groups attached to an aromatic ring is 1. The van der Waals surface area contributed by atoms with Crippen LogP contribution in [0.2, 0.25) is 5.02 Å². The second-order valence-corrected chi connectivity index (χ2v) is 5.17. The minimum absolute atomic E-state index is 0.127. The van der Waals surface area contributed by atoms with Gasteiger partial charge in [-0.15, -0.1) is 0 Å². The number of nitrogens with two attached hydrogens (primary N) is 1. The van der Waals surface area contributed by atoms with E-state index in [2.05, 4.69) is 15.9 Å². The number of carbonyl (C=O) groups is 1. The summed E-state index contributed by atoms with van der Waals surface area (Å²) in [6.45, 7) is 0. The van der Waals surface area contributed by atoms with Crippen molar-refractivity contribution in [2.45, 2.75) is 0 Å². The lowest BCUT2D eigenvalue weighted by molar-refractivity contribution is 0.103. The van der Waals surface area contributed by atoms with Gasteiger partial charge in [-0.1, -0.05) is 11.6 Å². The van der Waals surface area contributed by atoms with Crippen LogP contribution in [0.5, 0.6) is 5.75 Å². The number of ketones is 1. The van der Waals surface area contributed by atoms with Crippen LogP contribution in [0.3, 0.4) is 0 Å². The Morgan fingerprint density at radius 1 is 1.26 bits per heavy atom. The molecular weight excluding hydrogens is 330 g/mol. The van der Waals surface area contributed by atoms with E-state index in [1.54, 1.807) is 43.5 Å². The van der Waals surface area contributed by atoms with E-state index in [-0.39, 0.29) is 5.78 Å². The third-order valence-electron chi connectivity index (χ3n) is 2.68. The fourth-order valence-electron chi connectivity index (χ4n) is 1.65. The Morgan fingerprint density at radius 2 is 2.00 bits per heavy atom. The number of halogens is 2. The van der Waals surface area contributed by atoms with E-state index in [9.17, 15) is 4.79 Å². The maximum atomic E-state index is 12.4. The summed E-state index contributed by atoms with van der Waals surface area (Å²) >= 11 is 9.20. The number of methoxy groups -OCH3 is 1. The topological polar surface area (TPSA) is 52.3 Å². The van der Waals surface area contributed by atoms with Crippen LogP contribution in [0.15, 0.2) is 40.9 Å². The van der Waals surface area contributed by atoms with Crippen molar-refractivity contribution in [2.24, 2.45) is 0 Å². The summed E-state index contributed by atoms with van der Waals surface area (Å²) in [6.07, 6.45) is 0. The molecule has 0 unspecified atom stereocenters. The Labute approximate surface area is 124 Å². The normalized spacial score (nSPS) is 10.3. The first-order chi connectivity index (χ1) is 9.02. The van der Waals surface area contributed by atoms with Crippen LogP contribution >= 0.6 is 27.5 Å². The van der Waals surface area contributed by atoms with Gasteiger partial charge >= 0.3 is 0 Å². The Kier molecular flexibility index (Phi) is 4.12. The summed E-state index contributed by atoms with van der Waals surface area (Å²) in [5, 5.41) is 0.436. The molecule has 0 bridgehead atoms. The SMILES string of the molecule is COc1ccc(C(=O)c2ccc(Cl)c(N)c2)c(Br)c1. The molecule has 98 valence electrons. The van der Waals surface area contributed by atoms with Gasteiger partial charge in [-0.25, -0.2) is 0 Å². The fourth-order valence-corrected chi connectivity index (χ4v) is 2.30. The first-order valence-corrected chi connectivity index (χ1v) is 6.63. The molecule has 0 saturated heterocycles. The third kappa shape index (κ3) is 2.91. The number of hydrogen-bond acceptors (Lipinski definition) is 3. The van der Waals surface area contributed by atoms with E-state index in [1.165, 1.54) is 0 Å². The monoisotopic (exact) mass is 339 g/mol. The minimum Gasteiger partial charge on any atom is -0.497 e. The summed E-state index contributed by atoms with van der Waals surface area (Å²) in [6, 6.07) is 10.0. The Balaban J connectivity index is 2.41. The van der Waals surface area contributed by atoms with E-state index < -0.39 is 0 Å². The lowest BCUT2D eigenvalue weighted by Gasteiger charge is -2.07. The number of benzene rings is 2. The number of hydrogen-bond donors (Lipinski definition) is 1. The summed E-state index contributed by atoms with van der Waals surface area (Å²) in [4.78, 5) is 12.4. The molecule has 3 nitrogen and oxygen atoms in total. The number of carbonyl (C=O) groups excluding carboxylic acids is 1. The molecule has 5 heteroatoms. The van der Waals surface area contributed by atoms with Crippen molar-refractivity contribution in [1.82, 2.24) is 0 Å². The summed E-state index contributed by atoms with van der Waals surface area (Å²) < 4.78 is 5.76. The quantitative estimate of drug-likeness (QED) is 0.680. The highest BCUT2D eigenvalue weighted by Crippen LogP contribution is 2.27. The molecular formula is C14H11BrClNO2. The van der Waals surface area contributed by atoms with Gasteiger partial charge < -0.3 is 10.5 Å². The van der Waals surface area contributed by atoms with E-state index in [1.807, 2.05) is 0 Å². The van der Waals surface area contributed by atoms with Crippen LogP contribution in [0.25, 0.3) is 0 Å². The van der Waals surface area contributed by atoms with Gasteiger partial charge in [0.15, 0.2) is 5.78 Å². The summed E-state index contributed by atoms with van der Waals surface area (Å²) in [5.74, 6) is 0.553. The van der Waals surface area contributed by atoms with Gasteiger partial charge in [0.05, 0.1) is 17.8 Å². The molecule has 0 fully saturated rings. The summed E-state index contributed by atoms with van der Waals surface area (Å²) in [7, 11) is 1.57. The second-order valence-electron chi connectivity index (χ2n) is 3.91. The van der Waals surface area contributed by atoms with Crippen LogP contribution in [0.1, 0.15) is 15.9 Å². The highest BCUT2D eigenvalue weighted by Gasteiger charge is 2.14. The molecule has 0 radical (unpaired) electrons. The van der Waals surface area contributed by atoms with Gasteiger partial charge in [0.2, 0.25) is 0 Å². The lowest BCUT2D eigenvalue weighted by atomic mass is 10.0. The van der Waals surface area contributed by atoms with Crippen LogP contribution in [0, 0.1) is 0 Å². The van der Waals surface area contributed by atoms with Crippen LogP contribution in [0.4, 0.5) is 5.69 Å². The molecule has 19 heavy (non-hydrogen) atoms. The van der Waals surface area contributed by atoms with Gasteiger partial charge in [-0.2, -0.15) is 0 Å². The zero-order valence-corrected chi connectivity index (χ0v) is 12.5. The molecule has 0 aliphatic heterocycles. The van der Waals surface area contributed by atoms with Gasteiger partial charge in [-0.3, -0.25) is 4.79 Å². The van der Waals surface area contributed by atoms with Crippen molar-refractivity contribution in [3.05, 3.63) is 57.0 Å². The van der Waals surface area contributed by atoms with Gasteiger partial charge in [0.1, 0.15) is 5.75 Å². The van der Waals surface area contributed by atoms with Crippen molar-refractivity contribution < 1.29 is 9.53 Å². The zero-order chi connectivity index (χ0) is 14.0. The number of ether oxygens (including phenoxy) is 1. The van der Waals surface area contributed by atoms with E-state index in [4.69, 9.17) is 22.1 Å².